The lowest BCUT2D eigenvalue weighted by atomic mass is 9.86. The molecule has 2 aliphatic rings. The van der Waals surface area contributed by atoms with Crippen molar-refractivity contribution >= 4 is 23.2 Å². The monoisotopic (exact) mass is 255 g/mol. The zero-order valence-electron chi connectivity index (χ0n) is 10.4. The Balaban J connectivity index is 1.85. The predicted molar refractivity (Wildman–Crippen MR) is 71.7 cm³/mol. The molecular formula is C12H21N3OS. The normalized spacial score (nSPS) is 29.7. The van der Waals surface area contributed by atoms with Gasteiger partial charge in [0.15, 0.2) is 5.11 Å². The second kappa shape index (κ2) is 5.67. The van der Waals surface area contributed by atoms with Crippen molar-refractivity contribution < 1.29 is 4.79 Å². The summed E-state index contributed by atoms with van der Waals surface area (Å²) in [5.74, 6) is 0.748. The molecule has 4 nitrogen and oxygen atoms in total. The fourth-order valence-electron chi connectivity index (χ4n) is 2.59. The number of rotatable bonds is 1. The minimum Gasteiger partial charge on any atom is -0.360 e. The van der Waals surface area contributed by atoms with Gasteiger partial charge in [0.05, 0.1) is 6.54 Å². The fraction of sp³-hybridized carbons (Fsp3) is 0.833. The molecular weight excluding hydrogens is 234 g/mol. The van der Waals surface area contributed by atoms with Crippen LogP contribution in [0.5, 0.6) is 0 Å². The maximum Gasteiger partial charge on any atom is 0.239 e. The number of piperazine rings is 1. The van der Waals surface area contributed by atoms with E-state index in [-0.39, 0.29) is 5.91 Å². The molecule has 0 aromatic rings. The highest BCUT2D eigenvalue weighted by molar-refractivity contribution is 7.80. The van der Waals surface area contributed by atoms with Crippen LogP contribution in [0.3, 0.4) is 0 Å². The maximum absolute atomic E-state index is 11.3. The summed E-state index contributed by atoms with van der Waals surface area (Å²) in [6.07, 6.45) is 5.09. The molecule has 0 aromatic heterocycles. The molecule has 1 saturated carbocycles. The molecule has 5 heteroatoms. The van der Waals surface area contributed by atoms with Gasteiger partial charge in [-0.3, -0.25) is 4.79 Å². The van der Waals surface area contributed by atoms with E-state index < -0.39 is 0 Å². The lowest BCUT2D eigenvalue weighted by Gasteiger charge is -2.35. The van der Waals surface area contributed by atoms with Gasteiger partial charge in [-0.2, -0.15) is 0 Å². The number of carbonyl (C=O) groups is 1. The van der Waals surface area contributed by atoms with Gasteiger partial charge in [-0.05, 0) is 31.0 Å². The summed E-state index contributed by atoms with van der Waals surface area (Å²) in [5, 5.41) is 7.00. The Bertz CT molecular complexity index is 308. The van der Waals surface area contributed by atoms with Crippen LogP contribution in [0.2, 0.25) is 0 Å². The van der Waals surface area contributed by atoms with Crippen molar-refractivity contribution in [3.05, 3.63) is 0 Å². The smallest absolute Gasteiger partial charge is 0.239 e. The Kier molecular flexibility index (Phi) is 4.20. The molecule has 1 heterocycles. The van der Waals surface area contributed by atoms with Gasteiger partial charge in [-0.15, -0.1) is 0 Å². The number of hydrogen-bond donors (Lipinski definition) is 2. The summed E-state index contributed by atoms with van der Waals surface area (Å²) in [6, 6.07) is 0.487. The molecule has 0 bridgehead atoms. The van der Waals surface area contributed by atoms with Gasteiger partial charge in [-0.1, -0.05) is 19.8 Å². The van der Waals surface area contributed by atoms with E-state index in [2.05, 4.69) is 17.6 Å². The van der Waals surface area contributed by atoms with Crippen molar-refractivity contribution in [3.8, 4) is 0 Å². The molecule has 1 amide bonds. The largest absolute Gasteiger partial charge is 0.360 e. The van der Waals surface area contributed by atoms with Crippen LogP contribution < -0.4 is 10.6 Å². The van der Waals surface area contributed by atoms with Crippen LogP contribution in [-0.2, 0) is 4.79 Å². The van der Waals surface area contributed by atoms with E-state index in [1.54, 1.807) is 0 Å². The molecule has 0 unspecified atom stereocenters. The molecule has 0 radical (unpaired) electrons. The van der Waals surface area contributed by atoms with Crippen LogP contribution in [-0.4, -0.2) is 41.6 Å². The third-order valence-electron chi connectivity index (χ3n) is 3.75. The Hall–Kier alpha value is -0.840. The average Bonchev–Trinajstić information content (AvgIpc) is 2.32. The highest BCUT2D eigenvalue weighted by atomic mass is 32.1. The molecule has 2 N–H and O–H groups in total. The first-order valence-electron chi connectivity index (χ1n) is 6.49. The number of carbonyl (C=O) groups excluding carboxylic acids is 1. The van der Waals surface area contributed by atoms with Gasteiger partial charge in [0.1, 0.15) is 0 Å². The summed E-state index contributed by atoms with van der Waals surface area (Å²) in [5.41, 5.74) is 0. The van der Waals surface area contributed by atoms with Crippen molar-refractivity contribution in [3.63, 3.8) is 0 Å². The number of amides is 1. The standard InChI is InChI=1S/C12H21N3OS/c1-9-4-2-3-5-10(9)14-12(17)15-7-6-13-11(16)8-15/h9-10H,2-8H2,1H3,(H,13,16)(H,14,17)/t9-,10-/m0/s1. The lowest BCUT2D eigenvalue weighted by Crippen LogP contribution is -2.55. The van der Waals surface area contributed by atoms with Crippen molar-refractivity contribution in [2.75, 3.05) is 19.6 Å². The van der Waals surface area contributed by atoms with Crippen LogP contribution in [0.15, 0.2) is 0 Å². The van der Waals surface area contributed by atoms with E-state index in [9.17, 15) is 4.79 Å². The quantitative estimate of drug-likeness (QED) is 0.683. The summed E-state index contributed by atoms with van der Waals surface area (Å²) < 4.78 is 0. The van der Waals surface area contributed by atoms with Crippen molar-refractivity contribution in [1.29, 1.82) is 0 Å². The Morgan fingerprint density at radius 1 is 1.47 bits per heavy atom. The zero-order valence-corrected chi connectivity index (χ0v) is 11.2. The minimum atomic E-state index is 0.0668. The van der Waals surface area contributed by atoms with Crippen LogP contribution >= 0.6 is 12.2 Å². The highest BCUT2D eigenvalue weighted by Crippen LogP contribution is 2.23. The Labute approximate surface area is 108 Å². The molecule has 0 spiro atoms. The zero-order chi connectivity index (χ0) is 12.3. The maximum atomic E-state index is 11.3. The van der Waals surface area contributed by atoms with Gasteiger partial charge in [0, 0.05) is 19.1 Å². The Morgan fingerprint density at radius 2 is 2.24 bits per heavy atom. The number of hydrogen-bond acceptors (Lipinski definition) is 2. The second-order valence-corrected chi connectivity index (χ2v) is 5.48. The highest BCUT2D eigenvalue weighted by Gasteiger charge is 2.25. The van der Waals surface area contributed by atoms with Gasteiger partial charge >= 0.3 is 0 Å². The topological polar surface area (TPSA) is 44.4 Å². The second-order valence-electron chi connectivity index (χ2n) is 5.09. The molecule has 2 rings (SSSR count). The third-order valence-corrected chi connectivity index (χ3v) is 4.12. The summed E-state index contributed by atoms with van der Waals surface area (Å²) in [7, 11) is 0. The number of thiocarbonyl (C=S) groups is 1. The predicted octanol–water partition coefficient (Wildman–Crippen LogP) is 0.871. The van der Waals surface area contributed by atoms with Crippen molar-refractivity contribution in [2.45, 2.75) is 38.6 Å². The number of nitrogens with one attached hydrogen (secondary N) is 2. The molecule has 1 aliphatic carbocycles. The first-order chi connectivity index (χ1) is 8.16. The molecule has 1 aliphatic heterocycles. The van der Waals surface area contributed by atoms with Gasteiger partial charge in [-0.25, -0.2) is 0 Å². The van der Waals surface area contributed by atoms with Crippen molar-refractivity contribution in [2.24, 2.45) is 5.92 Å². The van der Waals surface area contributed by atoms with E-state index in [1.807, 2.05) is 4.90 Å². The van der Waals surface area contributed by atoms with E-state index in [4.69, 9.17) is 12.2 Å². The molecule has 96 valence electrons. The van der Waals surface area contributed by atoms with E-state index >= 15 is 0 Å². The SMILES string of the molecule is C[C@H]1CCCC[C@@H]1NC(=S)N1CCNC(=O)C1. The van der Waals surface area contributed by atoms with E-state index in [0.717, 1.165) is 11.7 Å². The fourth-order valence-corrected chi connectivity index (χ4v) is 2.90. The van der Waals surface area contributed by atoms with Crippen LogP contribution in [0.1, 0.15) is 32.6 Å². The van der Waals surface area contributed by atoms with Crippen molar-refractivity contribution in [1.82, 2.24) is 15.5 Å². The average molecular weight is 255 g/mol. The van der Waals surface area contributed by atoms with Gasteiger partial charge in [0.2, 0.25) is 5.91 Å². The van der Waals surface area contributed by atoms with Gasteiger partial charge in [0.25, 0.3) is 0 Å². The molecule has 17 heavy (non-hydrogen) atoms. The summed E-state index contributed by atoms with van der Waals surface area (Å²) in [6.45, 7) is 4.19. The Morgan fingerprint density at radius 3 is 2.94 bits per heavy atom. The third kappa shape index (κ3) is 3.31. The van der Waals surface area contributed by atoms with Gasteiger partial charge < -0.3 is 15.5 Å². The first-order valence-corrected chi connectivity index (χ1v) is 6.90. The van der Waals surface area contributed by atoms with Crippen LogP contribution in [0.4, 0.5) is 0 Å². The molecule has 1 saturated heterocycles. The first kappa shape index (κ1) is 12.6. The van der Waals surface area contributed by atoms with Crippen LogP contribution in [0.25, 0.3) is 0 Å². The molecule has 2 fully saturated rings. The molecule has 0 aromatic carbocycles. The minimum absolute atomic E-state index is 0.0668. The summed E-state index contributed by atoms with van der Waals surface area (Å²) >= 11 is 5.40. The summed E-state index contributed by atoms with van der Waals surface area (Å²) in [4.78, 5) is 13.3. The lowest BCUT2D eigenvalue weighted by molar-refractivity contribution is -0.122. The van der Waals surface area contributed by atoms with E-state index in [0.29, 0.717) is 25.0 Å². The van der Waals surface area contributed by atoms with Crippen LogP contribution in [0, 0.1) is 5.92 Å². The number of nitrogens with zero attached hydrogens (tertiary/aromatic N) is 1. The van der Waals surface area contributed by atoms with E-state index in [1.165, 1.54) is 25.7 Å². The molecule has 2 atom stereocenters.